The van der Waals surface area contributed by atoms with E-state index in [9.17, 15) is 0 Å². The summed E-state index contributed by atoms with van der Waals surface area (Å²) < 4.78 is 6.16. The number of nitrogens with zero attached hydrogens (tertiary/aromatic N) is 4. The maximum atomic E-state index is 6.16. The molecule has 0 radical (unpaired) electrons. The topological polar surface area (TPSA) is 51.1 Å². The molecule has 2 atom stereocenters. The summed E-state index contributed by atoms with van der Waals surface area (Å²) in [5, 5.41) is 10.6. The minimum Gasteiger partial charge on any atom is -0.370 e. The third-order valence-electron chi connectivity index (χ3n) is 4.76. The van der Waals surface area contributed by atoms with E-state index in [2.05, 4.69) is 59.1 Å². The van der Waals surface area contributed by atoms with Gasteiger partial charge < -0.3 is 9.64 Å². The van der Waals surface area contributed by atoms with Crippen LogP contribution in [0.15, 0.2) is 42.6 Å². The molecule has 0 saturated carbocycles. The van der Waals surface area contributed by atoms with E-state index in [0.29, 0.717) is 6.61 Å². The van der Waals surface area contributed by atoms with Gasteiger partial charge in [-0.2, -0.15) is 0 Å². The molecule has 0 spiro atoms. The lowest BCUT2D eigenvalue weighted by molar-refractivity contribution is 0.0211. The Hall–Kier alpha value is -2.31. The monoisotopic (exact) mass is 366 g/mol. The maximum absolute atomic E-state index is 6.16. The Morgan fingerprint density at radius 1 is 1.15 bits per heavy atom. The molecule has 5 nitrogen and oxygen atoms in total. The number of benzene rings is 1. The molecule has 0 aliphatic carbocycles. The highest BCUT2D eigenvalue weighted by Gasteiger charge is 2.30. The average molecular weight is 366 g/mol. The Balaban J connectivity index is 1.60. The quantitative estimate of drug-likeness (QED) is 0.696. The second kappa shape index (κ2) is 7.13. The first-order chi connectivity index (χ1) is 12.6. The van der Waals surface area contributed by atoms with Crippen molar-refractivity contribution in [3.63, 3.8) is 0 Å². The Bertz CT molecular complexity index is 896. The van der Waals surface area contributed by atoms with Gasteiger partial charge in [0, 0.05) is 6.20 Å². The van der Waals surface area contributed by atoms with Crippen molar-refractivity contribution < 1.29 is 4.74 Å². The standard InChI is InChI=1S/C20H22N4OS/c1-13-7-8-14(2)16(10-13)18-11-24(15(3)12-25-18)20-23-22-19(26-20)17-6-4-5-9-21-17/h4-10,15,18H,11-12H2,1-3H3/t15-,18+/m0/s1. The molecule has 1 fully saturated rings. The molecule has 1 aromatic carbocycles. The molecule has 0 amide bonds. The Morgan fingerprint density at radius 3 is 2.85 bits per heavy atom. The van der Waals surface area contributed by atoms with Gasteiger partial charge in [0.1, 0.15) is 11.8 Å². The fourth-order valence-electron chi connectivity index (χ4n) is 3.24. The number of hydrogen-bond donors (Lipinski definition) is 0. The molecule has 0 N–H and O–H groups in total. The number of aryl methyl sites for hydroxylation is 2. The summed E-state index contributed by atoms with van der Waals surface area (Å²) in [5.74, 6) is 0. The summed E-state index contributed by atoms with van der Waals surface area (Å²) in [5.41, 5.74) is 4.65. The first kappa shape index (κ1) is 17.1. The molecule has 0 unspecified atom stereocenters. The number of morpholine rings is 1. The fourth-order valence-corrected chi connectivity index (χ4v) is 4.18. The summed E-state index contributed by atoms with van der Waals surface area (Å²) in [4.78, 5) is 6.68. The molecule has 1 aliphatic rings. The first-order valence-corrected chi connectivity index (χ1v) is 9.64. The molecule has 0 bridgehead atoms. The van der Waals surface area contributed by atoms with Crippen LogP contribution in [0.1, 0.15) is 29.7 Å². The Kier molecular flexibility index (Phi) is 4.70. The van der Waals surface area contributed by atoms with Gasteiger partial charge in [-0.1, -0.05) is 41.2 Å². The lowest BCUT2D eigenvalue weighted by Gasteiger charge is -2.38. The number of pyridine rings is 1. The van der Waals surface area contributed by atoms with E-state index >= 15 is 0 Å². The minimum absolute atomic E-state index is 0.0494. The van der Waals surface area contributed by atoms with Crippen LogP contribution in [-0.2, 0) is 4.74 Å². The van der Waals surface area contributed by atoms with Gasteiger partial charge in [-0.25, -0.2) is 0 Å². The fraction of sp³-hybridized carbons (Fsp3) is 0.350. The molecule has 3 heterocycles. The number of ether oxygens (including phenoxy) is 1. The molecule has 4 rings (SSSR count). The summed E-state index contributed by atoms with van der Waals surface area (Å²) in [6.07, 6.45) is 1.83. The predicted octanol–water partition coefficient (Wildman–Crippen LogP) is 4.18. The van der Waals surface area contributed by atoms with Crippen LogP contribution in [0, 0.1) is 13.8 Å². The highest BCUT2D eigenvalue weighted by atomic mass is 32.1. The summed E-state index contributed by atoms with van der Waals surface area (Å²) in [7, 11) is 0. The molecule has 134 valence electrons. The van der Waals surface area contributed by atoms with Gasteiger partial charge in [-0.3, -0.25) is 4.98 Å². The smallest absolute Gasteiger partial charge is 0.209 e. The predicted molar refractivity (Wildman–Crippen MR) is 105 cm³/mol. The second-order valence-corrected chi connectivity index (χ2v) is 7.74. The van der Waals surface area contributed by atoms with Gasteiger partial charge in [-0.15, -0.1) is 10.2 Å². The molecule has 1 aliphatic heterocycles. The first-order valence-electron chi connectivity index (χ1n) is 8.82. The zero-order chi connectivity index (χ0) is 18.1. The summed E-state index contributed by atoms with van der Waals surface area (Å²) >= 11 is 1.59. The van der Waals surface area contributed by atoms with Crippen molar-refractivity contribution in [2.24, 2.45) is 0 Å². The summed E-state index contributed by atoms with van der Waals surface area (Å²) in [6, 6.07) is 12.6. The second-order valence-electron chi connectivity index (χ2n) is 6.79. The molecule has 6 heteroatoms. The van der Waals surface area contributed by atoms with Crippen LogP contribution in [0.2, 0.25) is 0 Å². The van der Waals surface area contributed by atoms with Crippen LogP contribution in [0.5, 0.6) is 0 Å². The van der Waals surface area contributed by atoms with Gasteiger partial charge in [0.15, 0.2) is 5.01 Å². The van der Waals surface area contributed by atoms with E-state index in [0.717, 1.165) is 22.4 Å². The largest absolute Gasteiger partial charge is 0.370 e. The van der Waals surface area contributed by atoms with Crippen LogP contribution >= 0.6 is 11.3 Å². The molecule has 3 aromatic rings. The number of anilines is 1. The van der Waals surface area contributed by atoms with Crippen molar-refractivity contribution in [2.75, 3.05) is 18.1 Å². The van der Waals surface area contributed by atoms with Crippen molar-refractivity contribution in [3.8, 4) is 10.7 Å². The van der Waals surface area contributed by atoms with E-state index in [1.165, 1.54) is 16.7 Å². The summed E-state index contributed by atoms with van der Waals surface area (Å²) in [6.45, 7) is 7.89. The lowest BCUT2D eigenvalue weighted by atomic mass is 9.99. The van der Waals surface area contributed by atoms with Crippen molar-refractivity contribution in [2.45, 2.75) is 32.9 Å². The number of hydrogen-bond acceptors (Lipinski definition) is 6. The van der Waals surface area contributed by atoms with Crippen LogP contribution in [0.4, 0.5) is 5.13 Å². The SMILES string of the molecule is Cc1ccc(C)c([C@H]2CN(c3nnc(-c4ccccn4)s3)[C@@H](C)CO2)c1. The van der Waals surface area contributed by atoms with Gasteiger partial charge in [0.2, 0.25) is 5.13 Å². The van der Waals surface area contributed by atoms with Crippen LogP contribution in [0.3, 0.4) is 0 Å². The molecule has 1 saturated heterocycles. The van der Waals surface area contributed by atoms with Crippen LogP contribution < -0.4 is 4.90 Å². The Labute approximate surface area is 157 Å². The maximum Gasteiger partial charge on any atom is 0.209 e. The third-order valence-corrected chi connectivity index (χ3v) is 5.74. The van der Waals surface area contributed by atoms with Crippen molar-refractivity contribution >= 4 is 16.5 Å². The number of aromatic nitrogens is 3. The van der Waals surface area contributed by atoms with Gasteiger partial charge in [-0.05, 0) is 44.0 Å². The van der Waals surface area contributed by atoms with Crippen LogP contribution in [-0.4, -0.2) is 34.4 Å². The van der Waals surface area contributed by atoms with Crippen molar-refractivity contribution in [1.82, 2.24) is 15.2 Å². The molecule has 2 aromatic heterocycles. The average Bonchev–Trinajstić information content (AvgIpc) is 3.15. The molecular weight excluding hydrogens is 344 g/mol. The highest BCUT2D eigenvalue weighted by Crippen LogP contribution is 2.34. The van der Waals surface area contributed by atoms with E-state index in [-0.39, 0.29) is 12.1 Å². The lowest BCUT2D eigenvalue weighted by Crippen LogP contribution is -2.45. The third kappa shape index (κ3) is 3.34. The molecular formula is C20H22N4OS. The van der Waals surface area contributed by atoms with E-state index in [4.69, 9.17) is 4.74 Å². The van der Waals surface area contributed by atoms with Gasteiger partial charge in [0.05, 0.1) is 19.2 Å². The Morgan fingerprint density at radius 2 is 2.04 bits per heavy atom. The van der Waals surface area contributed by atoms with Gasteiger partial charge >= 0.3 is 0 Å². The zero-order valence-electron chi connectivity index (χ0n) is 15.2. The van der Waals surface area contributed by atoms with E-state index in [1.54, 1.807) is 17.5 Å². The zero-order valence-corrected chi connectivity index (χ0v) is 16.0. The number of rotatable bonds is 3. The van der Waals surface area contributed by atoms with Crippen molar-refractivity contribution in [3.05, 3.63) is 59.3 Å². The highest BCUT2D eigenvalue weighted by molar-refractivity contribution is 7.18. The normalized spacial score (nSPS) is 20.3. The van der Waals surface area contributed by atoms with E-state index in [1.807, 2.05) is 18.2 Å². The molecule has 26 heavy (non-hydrogen) atoms. The minimum atomic E-state index is 0.0494. The van der Waals surface area contributed by atoms with E-state index < -0.39 is 0 Å². The van der Waals surface area contributed by atoms with Crippen molar-refractivity contribution in [1.29, 1.82) is 0 Å². The van der Waals surface area contributed by atoms with Crippen LogP contribution in [0.25, 0.3) is 10.7 Å². The van der Waals surface area contributed by atoms with Gasteiger partial charge in [0.25, 0.3) is 0 Å².